The van der Waals surface area contributed by atoms with Gasteiger partial charge in [0.25, 0.3) is 5.91 Å². The first kappa shape index (κ1) is 14.0. The lowest BCUT2D eigenvalue weighted by Gasteiger charge is -2.17. The number of ketones is 1. The van der Waals surface area contributed by atoms with Gasteiger partial charge in [-0.15, -0.1) is 0 Å². The number of hydrogen-bond donors (Lipinski definition) is 1. The fourth-order valence-electron chi connectivity index (χ4n) is 1.70. The van der Waals surface area contributed by atoms with Crippen LogP contribution in [0.2, 0.25) is 0 Å². The second kappa shape index (κ2) is 6.12. The Morgan fingerprint density at radius 3 is 2.75 bits per heavy atom. The molecule has 1 aromatic rings. The number of amides is 1. The summed E-state index contributed by atoms with van der Waals surface area (Å²) in [7, 11) is 1.39. The van der Waals surface area contributed by atoms with E-state index in [1.54, 1.807) is 0 Å². The van der Waals surface area contributed by atoms with Crippen LogP contribution in [0.4, 0.5) is 0 Å². The third kappa shape index (κ3) is 3.10. The van der Waals surface area contributed by atoms with Crippen molar-refractivity contribution in [3.63, 3.8) is 0 Å². The van der Waals surface area contributed by atoms with E-state index in [0.717, 1.165) is 10.6 Å². The summed E-state index contributed by atoms with van der Waals surface area (Å²) in [4.78, 5) is 27.7. The zero-order valence-electron chi connectivity index (χ0n) is 11.1. The van der Waals surface area contributed by atoms with Gasteiger partial charge in [-0.25, -0.2) is 5.84 Å². The van der Waals surface area contributed by atoms with Gasteiger partial charge >= 0.3 is 0 Å². The maximum absolute atomic E-state index is 11.9. The molecule has 0 bridgehead atoms. The van der Waals surface area contributed by atoms with E-state index in [4.69, 9.17) is 10.6 Å². The number of nitrogens with zero attached hydrogens (tertiary/aromatic N) is 2. The average Bonchev–Trinajstić information content (AvgIpc) is 2.46. The Morgan fingerprint density at radius 2 is 2.10 bits per heavy atom. The predicted molar refractivity (Wildman–Crippen MR) is 73.3 cm³/mol. The molecule has 0 aliphatic carbocycles. The largest absolute Gasteiger partial charge is 0.483 e. The molecular weight excluding hydrogens is 258 g/mol. The number of allylic oxidation sites excluding steroid dienone is 1. The number of benzene rings is 1. The normalized spacial score (nSPS) is 14.4. The van der Waals surface area contributed by atoms with Gasteiger partial charge in [-0.05, 0) is 5.56 Å². The van der Waals surface area contributed by atoms with Gasteiger partial charge in [0.15, 0.2) is 11.5 Å². The smallest absolute Gasteiger partial charge is 0.290 e. The highest BCUT2D eigenvalue weighted by Crippen LogP contribution is 2.18. The lowest BCUT2D eigenvalue weighted by Crippen LogP contribution is -2.35. The SMILES string of the molecule is CN(N)C(=O)C1=C(OCc2ccccc2)C(=O)CC=N1. The summed E-state index contributed by atoms with van der Waals surface area (Å²) >= 11 is 0. The van der Waals surface area contributed by atoms with Crippen LogP contribution < -0.4 is 5.84 Å². The van der Waals surface area contributed by atoms with Crippen LogP contribution in [-0.4, -0.2) is 30.0 Å². The molecule has 20 heavy (non-hydrogen) atoms. The molecule has 0 saturated heterocycles. The first-order valence-electron chi connectivity index (χ1n) is 6.09. The Hall–Kier alpha value is -2.47. The molecule has 6 nitrogen and oxygen atoms in total. The third-order valence-electron chi connectivity index (χ3n) is 2.71. The van der Waals surface area contributed by atoms with Gasteiger partial charge in [0, 0.05) is 19.7 Å². The van der Waals surface area contributed by atoms with Crippen LogP contribution >= 0.6 is 0 Å². The van der Waals surface area contributed by atoms with Crippen LogP contribution in [-0.2, 0) is 20.9 Å². The zero-order valence-corrected chi connectivity index (χ0v) is 11.1. The number of carbonyl (C=O) groups is 2. The Morgan fingerprint density at radius 1 is 1.40 bits per heavy atom. The van der Waals surface area contributed by atoms with Crippen molar-refractivity contribution in [1.82, 2.24) is 5.01 Å². The van der Waals surface area contributed by atoms with E-state index in [0.29, 0.717) is 0 Å². The summed E-state index contributed by atoms with van der Waals surface area (Å²) in [5, 5.41) is 0.872. The molecule has 1 heterocycles. The number of likely N-dealkylation sites (N-methyl/N-ethyl adjacent to an activating group) is 1. The molecule has 0 atom stereocenters. The number of nitrogens with two attached hydrogens (primary N) is 1. The van der Waals surface area contributed by atoms with Crippen molar-refractivity contribution in [2.75, 3.05) is 7.05 Å². The minimum absolute atomic E-state index is 0.0290. The van der Waals surface area contributed by atoms with Gasteiger partial charge in [0.1, 0.15) is 6.61 Å². The van der Waals surface area contributed by atoms with Gasteiger partial charge in [-0.3, -0.25) is 19.6 Å². The number of hydrazine groups is 1. The average molecular weight is 273 g/mol. The summed E-state index contributed by atoms with van der Waals surface area (Å²) in [6, 6.07) is 9.36. The monoisotopic (exact) mass is 273 g/mol. The molecular formula is C14H15N3O3. The van der Waals surface area contributed by atoms with Gasteiger partial charge in [0.2, 0.25) is 5.78 Å². The van der Waals surface area contributed by atoms with E-state index >= 15 is 0 Å². The number of aliphatic imine (C=N–C) groups is 1. The van der Waals surface area contributed by atoms with Crippen LogP contribution in [0, 0.1) is 0 Å². The molecule has 0 aromatic heterocycles. The van der Waals surface area contributed by atoms with Crippen LogP contribution in [0.25, 0.3) is 0 Å². The fourth-order valence-corrected chi connectivity index (χ4v) is 1.70. The molecule has 0 saturated carbocycles. The van der Waals surface area contributed by atoms with E-state index in [1.807, 2.05) is 30.3 Å². The topological polar surface area (TPSA) is 85.0 Å². The number of Topliss-reactive ketones (excluding diaryl/α,β-unsaturated/α-hetero) is 1. The Kier molecular flexibility index (Phi) is 4.27. The lowest BCUT2D eigenvalue weighted by atomic mass is 10.1. The van der Waals surface area contributed by atoms with Crippen LogP contribution in [0.3, 0.4) is 0 Å². The maximum atomic E-state index is 11.9. The van der Waals surface area contributed by atoms with Crippen molar-refractivity contribution < 1.29 is 14.3 Å². The number of rotatable bonds is 4. The van der Waals surface area contributed by atoms with Crippen molar-refractivity contribution in [2.24, 2.45) is 10.8 Å². The van der Waals surface area contributed by atoms with Gasteiger partial charge in [0.05, 0.1) is 0 Å². The summed E-state index contributed by atoms with van der Waals surface area (Å²) in [6.07, 6.45) is 1.50. The van der Waals surface area contributed by atoms with Crippen LogP contribution in [0.15, 0.2) is 46.8 Å². The first-order chi connectivity index (χ1) is 9.59. The molecule has 0 radical (unpaired) electrons. The van der Waals surface area contributed by atoms with Crippen molar-refractivity contribution in [2.45, 2.75) is 13.0 Å². The second-order valence-electron chi connectivity index (χ2n) is 4.31. The van der Waals surface area contributed by atoms with Crippen molar-refractivity contribution >= 4 is 17.9 Å². The molecule has 0 unspecified atom stereocenters. The van der Waals surface area contributed by atoms with E-state index in [1.165, 1.54) is 13.3 Å². The van der Waals surface area contributed by atoms with Crippen molar-refractivity contribution in [1.29, 1.82) is 0 Å². The lowest BCUT2D eigenvalue weighted by molar-refractivity contribution is -0.127. The molecule has 1 aliphatic heterocycles. The molecule has 104 valence electrons. The quantitative estimate of drug-likeness (QED) is 0.499. The number of ether oxygens (including phenoxy) is 1. The molecule has 6 heteroatoms. The van der Waals surface area contributed by atoms with Gasteiger partial charge < -0.3 is 4.74 Å². The fraction of sp³-hybridized carbons (Fsp3) is 0.214. The number of hydrogen-bond acceptors (Lipinski definition) is 5. The molecule has 2 rings (SSSR count). The standard InChI is InChI=1S/C14H15N3O3/c1-17(15)14(19)12-13(11(18)7-8-16-12)20-9-10-5-3-2-4-6-10/h2-6,8H,7,9,15H2,1H3. The Bertz CT molecular complexity index is 577. The summed E-state index contributed by atoms with van der Waals surface area (Å²) in [5.74, 6) is 4.53. The number of carbonyl (C=O) groups excluding carboxylic acids is 2. The van der Waals surface area contributed by atoms with E-state index in [-0.39, 0.29) is 30.3 Å². The molecule has 1 amide bonds. The minimum Gasteiger partial charge on any atom is -0.483 e. The van der Waals surface area contributed by atoms with Gasteiger partial charge in [-0.1, -0.05) is 30.3 Å². The molecule has 2 N–H and O–H groups in total. The highest BCUT2D eigenvalue weighted by molar-refractivity contribution is 6.11. The van der Waals surface area contributed by atoms with Crippen LogP contribution in [0.5, 0.6) is 0 Å². The van der Waals surface area contributed by atoms with E-state index in [9.17, 15) is 9.59 Å². The van der Waals surface area contributed by atoms with E-state index in [2.05, 4.69) is 4.99 Å². The van der Waals surface area contributed by atoms with Crippen molar-refractivity contribution in [3.8, 4) is 0 Å². The predicted octanol–water partition coefficient (Wildman–Crippen LogP) is 0.790. The molecule has 0 spiro atoms. The van der Waals surface area contributed by atoms with Gasteiger partial charge in [-0.2, -0.15) is 0 Å². The van der Waals surface area contributed by atoms with Crippen molar-refractivity contribution in [3.05, 3.63) is 47.4 Å². The Labute approximate surface area is 116 Å². The molecule has 1 aromatic carbocycles. The highest BCUT2D eigenvalue weighted by atomic mass is 16.5. The second-order valence-corrected chi connectivity index (χ2v) is 4.31. The van der Waals surface area contributed by atoms with E-state index < -0.39 is 5.91 Å². The minimum atomic E-state index is -0.558. The highest BCUT2D eigenvalue weighted by Gasteiger charge is 2.26. The third-order valence-corrected chi connectivity index (χ3v) is 2.71. The zero-order chi connectivity index (χ0) is 14.5. The Balaban J connectivity index is 2.21. The molecule has 1 aliphatic rings. The first-order valence-corrected chi connectivity index (χ1v) is 6.09. The maximum Gasteiger partial charge on any atom is 0.290 e. The summed E-state index contributed by atoms with van der Waals surface area (Å²) in [6.45, 7) is 0.197. The summed E-state index contributed by atoms with van der Waals surface area (Å²) < 4.78 is 5.48. The summed E-state index contributed by atoms with van der Waals surface area (Å²) in [5.41, 5.74) is 0.845. The molecule has 0 fully saturated rings. The van der Waals surface area contributed by atoms with Crippen LogP contribution in [0.1, 0.15) is 12.0 Å².